The van der Waals surface area contributed by atoms with E-state index in [4.69, 9.17) is 30.5 Å². The summed E-state index contributed by atoms with van der Waals surface area (Å²) in [6.45, 7) is -1.38. The Bertz CT molecular complexity index is 1480. The van der Waals surface area contributed by atoms with Gasteiger partial charge in [-0.25, -0.2) is 4.98 Å². The van der Waals surface area contributed by atoms with Crippen molar-refractivity contribution in [3.63, 3.8) is 0 Å². The van der Waals surface area contributed by atoms with Crippen LogP contribution in [0.3, 0.4) is 0 Å². The number of aromatic hydroxyl groups is 1. The lowest BCUT2D eigenvalue weighted by atomic mass is 10.2. The van der Waals surface area contributed by atoms with Crippen LogP contribution >= 0.6 is 0 Å². The summed E-state index contributed by atoms with van der Waals surface area (Å²) in [4.78, 5) is 8.04. The van der Waals surface area contributed by atoms with Gasteiger partial charge in [0.2, 0.25) is 17.4 Å². The molecule has 0 bridgehead atoms. The zero-order chi connectivity index (χ0) is 27.4. The third-order valence-electron chi connectivity index (χ3n) is 5.21. The molecule has 4 aromatic rings. The highest BCUT2D eigenvalue weighted by atomic mass is 19.1. The second-order valence-electron chi connectivity index (χ2n) is 8.02. The Hall–Kier alpha value is -4.75. The number of hydrogen-bond acceptors (Lipinski definition) is 9. The van der Waals surface area contributed by atoms with Gasteiger partial charge in [-0.15, -0.1) is 0 Å². The smallest absolute Gasteiger partial charge is 0.263 e. The number of nitrogens with one attached hydrogen (secondary N) is 1. The summed E-state index contributed by atoms with van der Waals surface area (Å²) in [5, 5.41) is 36.3. The number of aliphatic hydroxyl groups excluding tert-OH is 2. The van der Waals surface area contributed by atoms with Crippen molar-refractivity contribution in [1.82, 2.24) is 14.5 Å². The topological polar surface area (TPSA) is 169 Å². The van der Waals surface area contributed by atoms with Crippen LogP contribution < -0.4 is 19.9 Å². The zero-order valence-corrected chi connectivity index (χ0v) is 19.9. The molecular weight excluding hydrogens is 504 g/mol. The number of nitrogens with zero attached hydrogens (tertiary/aromatic N) is 3. The van der Waals surface area contributed by atoms with Gasteiger partial charge in [0, 0.05) is 30.6 Å². The fourth-order valence-electron chi connectivity index (χ4n) is 3.30. The molecule has 38 heavy (non-hydrogen) atoms. The van der Waals surface area contributed by atoms with Gasteiger partial charge in [0.15, 0.2) is 11.5 Å². The van der Waals surface area contributed by atoms with Gasteiger partial charge in [-0.2, -0.15) is 13.8 Å². The minimum Gasteiger partial charge on any atom is -0.504 e. The molecule has 0 aliphatic rings. The third kappa shape index (κ3) is 5.63. The molecule has 4 rings (SSSR count). The number of rotatable bonds is 10. The molecule has 0 aliphatic carbocycles. The third-order valence-corrected chi connectivity index (χ3v) is 5.21. The van der Waals surface area contributed by atoms with E-state index in [-0.39, 0.29) is 22.9 Å². The number of nitrogen functional groups attached to an aromatic ring is 1. The van der Waals surface area contributed by atoms with Crippen molar-refractivity contribution < 1.29 is 38.3 Å². The number of amidine groups is 1. The molecular formula is C25H23F2N5O6. The minimum absolute atomic E-state index is 0.122. The van der Waals surface area contributed by atoms with E-state index < -0.39 is 54.2 Å². The van der Waals surface area contributed by atoms with E-state index in [9.17, 15) is 10.2 Å². The first kappa shape index (κ1) is 26.3. The first-order valence-electron chi connectivity index (χ1n) is 11.1. The number of aryl methyl sites for hydroxylation is 1. The summed E-state index contributed by atoms with van der Waals surface area (Å²) < 4.78 is 48.4. The standard InChI is InChI=1S/C25H23F2N5O6/c1-32-8-7-30-23(32)14-3-2-4-16(9-14)37-24-19(26)21(36-12-15(34)11-33)20(27)25(31-24)38-18-10-13(22(28)29)5-6-17(18)35/h2-10,15,33-35H,11-12H2,1H3,(H3,28,29). The monoisotopic (exact) mass is 527 g/mol. The fourth-order valence-corrected chi connectivity index (χ4v) is 3.30. The minimum atomic E-state index is -1.43. The Kier molecular flexibility index (Phi) is 7.69. The summed E-state index contributed by atoms with van der Waals surface area (Å²) in [5.74, 6) is -5.73. The van der Waals surface area contributed by atoms with Crippen molar-refractivity contribution in [1.29, 1.82) is 5.41 Å². The van der Waals surface area contributed by atoms with E-state index >= 15 is 8.78 Å². The number of hydrogen-bond donors (Lipinski definition) is 5. The largest absolute Gasteiger partial charge is 0.504 e. The van der Waals surface area contributed by atoms with Crippen LogP contribution in [0.2, 0.25) is 0 Å². The first-order valence-corrected chi connectivity index (χ1v) is 11.1. The van der Waals surface area contributed by atoms with Crippen LogP contribution in [-0.2, 0) is 7.05 Å². The van der Waals surface area contributed by atoms with Crippen molar-refractivity contribution in [2.45, 2.75) is 6.10 Å². The molecule has 1 unspecified atom stereocenters. The lowest BCUT2D eigenvalue weighted by molar-refractivity contribution is 0.0504. The number of imidazole rings is 1. The molecule has 0 radical (unpaired) electrons. The Balaban J connectivity index is 1.75. The van der Waals surface area contributed by atoms with Crippen molar-refractivity contribution in [3.8, 4) is 46.1 Å². The fraction of sp³-hybridized carbons (Fsp3) is 0.160. The quantitative estimate of drug-likeness (QED) is 0.154. The molecule has 1 atom stereocenters. The van der Waals surface area contributed by atoms with E-state index in [1.807, 2.05) is 0 Å². The van der Waals surface area contributed by atoms with Crippen LogP contribution in [0.15, 0.2) is 54.9 Å². The maximum atomic E-state index is 15.3. The normalized spacial score (nSPS) is 11.7. The summed E-state index contributed by atoms with van der Waals surface area (Å²) in [5.41, 5.74) is 6.26. The van der Waals surface area contributed by atoms with Crippen LogP contribution in [0, 0.1) is 17.0 Å². The summed E-state index contributed by atoms with van der Waals surface area (Å²) in [6, 6.07) is 10.1. The summed E-state index contributed by atoms with van der Waals surface area (Å²) >= 11 is 0. The maximum Gasteiger partial charge on any atom is 0.263 e. The van der Waals surface area contributed by atoms with Crippen LogP contribution in [-0.4, -0.2) is 55.0 Å². The lowest BCUT2D eigenvalue weighted by Crippen LogP contribution is -2.22. The Morgan fingerprint density at radius 3 is 2.53 bits per heavy atom. The molecule has 0 spiro atoms. The molecule has 198 valence electrons. The highest BCUT2D eigenvalue weighted by Crippen LogP contribution is 2.40. The van der Waals surface area contributed by atoms with Crippen molar-refractivity contribution in [2.24, 2.45) is 12.8 Å². The van der Waals surface area contributed by atoms with Gasteiger partial charge < -0.3 is 39.8 Å². The van der Waals surface area contributed by atoms with Gasteiger partial charge >= 0.3 is 0 Å². The van der Waals surface area contributed by atoms with E-state index in [1.54, 1.807) is 42.2 Å². The highest BCUT2D eigenvalue weighted by molar-refractivity contribution is 5.95. The van der Waals surface area contributed by atoms with Crippen molar-refractivity contribution in [2.75, 3.05) is 13.2 Å². The van der Waals surface area contributed by atoms with Gasteiger partial charge in [-0.1, -0.05) is 12.1 Å². The lowest BCUT2D eigenvalue weighted by Gasteiger charge is -2.16. The molecule has 2 aromatic heterocycles. The number of ether oxygens (including phenoxy) is 3. The molecule has 0 saturated carbocycles. The average Bonchev–Trinajstić information content (AvgIpc) is 3.33. The van der Waals surface area contributed by atoms with Crippen LogP contribution in [0.5, 0.6) is 34.8 Å². The second-order valence-corrected chi connectivity index (χ2v) is 8.02. The van der Waals surface area contributed by atoms with Crippen LogP contribution in [0.25, 0.3) is 11.4 Å². The predicted octanol–water partition coefficient (Wildman–Crippen LogP) is 3.07. The molecule has 0 aliphatic heterocycles. The Morgan fingerprint density at radius 2 is 1.87 bits per heavy atom. The molecule has 0 fully saturated rings. The van der Waals surface area contributed by atoms with E-state index in [1.165, 1.54) is 18.2 Å². The number of aliphatic hydroxyl groups is 2. The van der Waals surface area contributed by atoms with E-state index in [0.29, 0.717) is 11.4 Å². The first-order chi connectivity index (χ1) is 18.2. The van der Waals surface area contributed by atoms with Gasteiger partial charge in [0.25, 0.3) is 11.8 Å². The number of halogens is 2. The van der Waals surface area contributed by atoms with Gasteiger partial charge in [0.05, 0.1) is 6.61 Å². The number of pyridine rings is 1. The molecule has 6 N–H and O–H groups in total. The molecule has 2 aromatic carbocycles. The molecule has 2 heterocycles. The van der Waals surface area contributed by atoms with Gasteiger partial charge in [-0.3, -0.25) is 5.41 Å². The van der Waals surface area contributed by atoms with Gasteiger partial charge in [-0.05, 0) is 30.3 Å². The second kappa shape index (κ2) is 11.1. The van der Waals surface area contributed by atoms with Crippen molar-refractivity contribution >= 4 is 5.84 Å². The van der Waals surface area contributed by atoms with Crippen LogP contribution in [0.1, 0.15) is 5.56 Å². The summed E-state index contributed by atoms with van der Waals surface area (Å²) in [6.07, 6.45) is 1.92. The van der Waals surface area contributed by atoms with E-state index in [0.717, 1.165) is 6.07 Å². The summed E-state index contributed by atoms with van der Waals surface area (Å²) in [7, 11) is 1.79. The highest BCUT2D eigenvalue weighted by Gasteiger charge is 2.26. The van der Waals surface area contributed by atoms with Crippen molar-refractivity contribution in [3.05, 3.63) is 72.1 Å². The number of nitrogens with two attached hydrogens (primary N) is 1. The average molecular weight is 527 g/mol. The number of phenolic OH excluding ortho intramolecular Hbond substituents is 1. The molecule has 13 heteroatoms. The van der Waals surface area contributed by atoms with Crippen LogP contribution in [0.4, 0.5) is 8.78 Å². The van der Waals surface area contributed by atoms with Gasteiger partial charge in [0.1, 0.15) is 30.1 Å². The van der Waals surface area contributed by atoms with E-state index in [2.05, 4.69) is 9.97 Å². The predicted molar refractivity (Wildman–Crippen MR) is 131 cm³/mol. The Labute approximate surface area is 214 Å². The maximum absolute atomic E-state index is 15.3. The SMILES string of the molecule is Cn1ccnc1-c1cccc(Oc2nc(Oc3cc(C(=N)N)ccc3O)c(F)c(OCC(O)CO)c2F)c1. The number of aromatic nitrogens is 3. The Morgan fingerprint density at radius 1 is 1.13 bits per heavy atom. The molecule has 11 nitrogen and oxygen atoms in total. The number of benzene rings is 2. The molecule has 0 saturated heterocycles. The zero-order valence-electron chi connectivity index (χ0n) is 19.9. The molecule has 0 amide bonds. The number of phenols is 1.